The molecular formula is C16H25N3O. The molecule has 1 aromatic rings. The molecule has 0 spiro atoms. The van der Waals surface area contributed by atoms with Gasteiger partial charge in [-0.2, -0.15) is 0 Å². The van der Waals surface area contributed by atoms with Crippen LogP contribution in [-0.2, 0) is 11.2 Å². The molecule has 0 heterocycles. The van der Waals surface area contributed by atoms with Crippen LogP contribution in [0, 0.1) is 6.92 Å². The molecule has 4 heteroatoms. The number of carbonyl (C=O) groups is 1. The number of allylic oxidation sites excluding steroid dienone is 3. The topological polar surface area (TPSA) is 81.1 Å². The summed E-state index contributed by atoms with van der Waals surface area (Å²) in [4.78, 5) is 11.7. The molecule has 5 N–H and O–H groups in total. The third-order valence-corrected chi connectivity index (χ3v) is 2.26. The molecule has 0 unspecified atom stereocenters. The van der Waals surface area contributed by atoms with Crippen molar-refractivity contribution in [2.24, 2.45) is 11.5 Å². The van der Waals surface area contributed by atoms with Crippen molar-refractivity contribution in [3.8, 4) is 0 Å². The average Bonchev–Trinajstić information content (AvgIpc) is 2.38. The summed E-state index contributed by atoms with van der Waals surface area (Å²) in [6.07, 6.45) is 3.52. The molecule has 0 aliphatic carbocycles. The van der Waals surface area contributed by atoms with Crippen molar-refractivity contribution in [3.63, 3.8) is 0 Å². The number of benzene rings is 1. The molecule has 0 saturated heterocycles. The van der Waals surface area contributed by atoms with E-state index in [4.69, 9.17) is 11.5 Å². The first kappa shape index (κ1) is 17.8. The van der Waals surface area contributed by atoms with Crippen LogP contribution in [0.3, 0.4) is 0 Å². The third kappa shape index (κ3) is 7.97. The number of rotatable bonds is 4. The van der Waals surface area contributed by atoms with Crippen LogP contribution in [0.15, 0.2) is 47.9 Å². The first-order valence-electron chi connectivity index (χ1n) is 6.72. The highest BCUT2D eigenvalue weighted by Crippen LogP contribution is 2.04. The summed E-state index contributed by atoms with van der Waals surface area (Å²) in [7, 11) is 0. The molecule has 0 fully saturated rings. The van der Waals surface area contributed by atoms with E-state index in [0.717, 1.165) is 11.1 Å². The van der Waals surface area contributed by atoms with Crippen molar-refractivity contribution in [2.45, 2.75) is 34.1 Å². The molecule has 1 rings (SSSR count). The van der Waals surface area contributed by atoms with Gasteiger partial charge in [0.25, 0.3) is 0 Å². The van der Waals surface area contributed by atoms with Gasteiger partial charge in [0.2, 0.25) is 5.91 Å². The van der Waals surface area contributed by atoms with E-state index < -0.39 is 0 Å². The number of hydrogen-bond acceptors (Lipinski definition) is 3. The Morgan fingerprint density at radius 3 is 2.45 bits per heavy atom. The van der Waals surface area contributed by atoms with Gasteiger partial charge in [0.05, 0.1) is 6.42 Å². The molecule has 0 aliphatic rings. The van der Waals surface area contributed by atoms with E-state index in [-0.39, 0.29) is 11.7 Å². The average molecular weight is 275 g/mol. The van der Waals surface area contributed by atoms with Gasteiger partial charge in [0, 0.05) is 5.70 Å². The van der Waals surface area contributed by atoms with Crippen molar-refractivity contribution in [1.29, 1.82) is 0 Å². The van der Waals surface area contributed by atoms with Crippen LogP contribution in [0.5, 0.6) is 0 Å². The zero-order valence-electron chi connectivity index (χ0n) is 12.7. The van der Waals surface area contributed by atoms with Gasteiger partial charge in [0.15, 0.2) is 0 Å². The number of nitrogens with two attached hydrogens (primary N) is 2. The van der Waals surface area contributed by atoms with E-state index in [1.807, 2.05) is 45.0 Å². The molecule has 0 saturated carbocycles. The molecule has 1 amide bonds. The molecule has 20 heavy (non-hydrogen) atoms. The van der Waals surface area contributed by atoms with Crippen molar-refractivity contribution in [1.82, 2.24) is 5.32 Å². The van der Waals surface area contributed by atoms with Crippen LogP contribution in [0.25, 0.3) is 0 Å². The lowest BCUT2D eigenvalue weighted by atomic mass is 10.1. The molecular weight excluding hydrogens is 250 g/mol. The summed E-state index contributed by atoms with van der Waals surface area (Å²) in [5.74, 6) is 0.148. The summed E-state index contributed by atoms with van der Waals surface area (Å²) >= 11 is 0. The predicted octanol–water partition coefficient (Wildman–Crippen LogP) is 2.34. The first-order chi connectivity index (χ1) is 9.47. The molecule has 0 aromatic heterocycles. The third-order valence-electron chi connectivity index (χ3n) is 2.26. The van der Waals surface area contributed by atoms with Crippen LogP contribution < -0.4 is 16.8 Å². The molecule has 110 valence electrons. The minimum Gasteiger partial charge on any atom is -0.402 e. The maximum absolute atomic E-state index is 11.7. The Hall–Kier alpha value is -2.23. The second-order valence-corrected chi connectivity index (χ2v) is 4.25. The maximum atomic E-state index is 11.7. The van der Waals surface area contributed by atoms with Gasteiger partial charge >= 0.3 is 0 Å². The van der Waals surface area contributed by atoms with Crippen LogP contribution in [-0.4, -0.2) is 5.91 Å². The number of hydrogen-bond donors (Lipinski definition) is 3. The van der Waals surface area contributed by atoms with Gasteiger partial charge in [-0.3, -0.25) is 4.79 Å². The number of aryl methyl sites for hydroxylation is 1. The zero-order chi connectivity index (χ0) is 15.5. The second kappa shape index (κ2) is 9.67. The standard InChI is InChI=1S/C14H19N3O.C2H6/c1-10-4-3-5-12(8-10)9-14(18)17-13(16)7-6-11(2)15;1-2/h3-8H,9,15-16H2,1-2H3,(H,17,18);1-2H3/b11-6-,13-7+;. The SMILES string of the molecule is C/C(N)=C/C=C(\N)NC(=O)Cc1cccc(C)c1.CC. The number of amides is 1. The lowest BCUT2D eigenvalue weighted by molar-refractivity contribution is -0.119. The molecule has 0 aliphatic heterocycles. The van der Waals surface area contributed by atoms with Crippen LogP contribution in [0.1, 0.15) is 31.9 Å². The fourth-order valence-electron chi connectivity index (χ4n) is 1.48. The highest BCUT2D eigenvalue weighted by molar-refractivity contribution is 5.80. The normalized spacial score (nSPS) is 11.4. The quantitative estimate of drug-likeness (QED) is 0.738. The first-order valence-corrected chi connectivity index (χ1v) is 6.72. The molecule has 0 radical (unpaired) electrons. The lowest BCUT2D eigenvalue weighted by Gasteiger charge is -2.05. The Balaban J connectivity index is 0.00000172. The Bertz CT molecular complexity index is 486. The molecule has 0 atom stereocenters. The summed E-state index contributed by atoms with van der Waals surface area (Å²) in [5.41, 5.74) is 13.8. The molecule has 4 nitrogen and oxygen atoms in total. The summed E-state index contributed by atoms with van der Waals surface area (Å²) in [6, 6.07) is 7.81. The van der Waals surface area contributed by atoms with Crippen LogP contribution in [0.2, 0.25) is 0 Å². The highest BCUT2D eigenvalue weighted by atomic mass is 16.1. The summed E-state index contributed by atoms with van der Waals surface area (Å²) < 4.78 is 0. The Morgan fingerprint density at radius 1 is 1.25 bits per heavy atom. The fourth-order valence-corrected chi connectivity index (χ4v) is 1.48. The van der Waals surface area contributed by atoms with E-state index >= 15 is 0 Å². The zero-order valence-corrected chi connectivity index (χ0v) is 12.7. The van der Waals surface area contributed by atoms with Crippen molar-refractivity contribution in [3.05, 3.63) is 59.1 Å². The molecule has 0 bridgehead atoms. The Labute approximate surface area is 121 Å². The van der Waals surface area contributed by atoms with Gasteiger partial charge in [0.1, 0.15) is 5.82 Å². The maximum Gasteiger partial charge on any atom is 0.229 e. The Kier molecular flexibility index (Phi) is 8.59. The Morgan fingerprint density at radius 2 is 1.90 bits per heavy atom. The van der Waals surface area contributed by atoms with Crippen LogP contribution >= 0.6 is 0 Å². The van der Waals surface area contributed by atoms with E-state index in [1.54, 1.807) is 19.1 Å². The minimum absolute atomic E-state index is 0.141. The number of nitrogens with one attached hydrogen (secondary N) is 1. The van der Waals surface area contributed by atoms with Crippen molar-refractivity contribution < 1.29 is 4.79 Å². The van der Waals surface area contributed by atoms with Gasteiger partial charge in [-0.25, -0.2) is 0 Å². The largest absolute Gasteiger partial charge is 0.402 e. The van der Waals surface area contributed by atoms with Gasteiger partial charge in [-0.05, 0) is 31.6 Å². The van der Waals surface area contributed by atoms with E-state index in [0.29, 0.717) is 12.1 Å². The van der Waals surface area contributed by atoms with E-state index in [1.165, 1.54) is 0 Å². The van der Waals surface area contributed by atoms with Gasteiger partial charge < -0.3 is 16.8 Å². The minimum atomic E-state index is -0.141. The monoisotopic (exact) mass is 275 g/mol. The second-order valence-electron chi connectivity index (χ2n) is 4.25. The predicted molar refractivity (Wildman–Crippen MR) is 84.6 cm³/mol. The highest BCUT2D eigenvalue weighted by Gasteiger charge is 2.03. The van der Waals surface area contributed by atoms with Crippen molar-refractivity contribution in [2.75, 3.05) is 0 Å². The van der Waals surface area contributed by atoms with Gasteiger partial charge in [-0.15, -0.1) is 0 Å². The molecule has 1 aromatic carbocycles. The summed E-state index contributed by atoms with van der Waals surface area (Å²) in [5, 5.41) is 2.60. The van der Waals surface area contributed by atoms with Crippen molar-refractivity contribution >= 4 is 5.91 Å². The van der Waals surface area contributed by atoms with E-state index in [2.05, 4.69) is 5.32 Å². The number of carbonyl (C=O) groups excluding carboxylic acids is 1. The van der Waals surface area contributed by atoms with E-state index in [9.17, 15) is 4.79 Å². The summed E-state index contributed by atoms with van der Waals surface area (Å²) in [6.45, 7) is 7.74. The van der Waals surface area contributed by atoms with Gasteiger partial charge in [-0.1, -0.05) is 43.7 Å². The smallest absolute Gasteiger partial charge is 0.229 e. The lowest BCUT2D eigenvalue weighted by Crippen LogP contribution is -2.28. The van der Waals surface area contributed by atoms with Crippen LogP contribution in [0.4, 0.5) is 0 Å². The fraction of sp³-hybridized carbons (Fsp3) is 0.312.